The van der Waals surface area contributed by atoms with Crippen molar-refractivity contribution in [3.05, 3.63) is 80.6 Å². The highest BCUT2D eigenvalue weighted by Gasteiger charge is 2.25. The lowest BCUT2D eigenvalue weighted by Gasteiger charge is -2.24. The highest BCUT2D eigenvalue weighted by Crippen LogP contribution is 2.32. The molecule has 0 spiro atoms. The van der Waals surface area contributed by atoms with Gasteiger partial charge in [-0.25, -0.2) is 8.78 Å². The molecule has 1 aromatic heterocycles. The van der Waals surface area contributed by atoms with Gasteiger partial charge in [-0.1, -0.05) is 97.4 Å². The van der Waals surface area contributed by atoms with E-state index in [1.165, 1.54) is 44.3 Å². The van der Waals surface area contributed by atoms with Gasteiger partial charge in [0.25, 0.3) is 5.92 Å². The number of aromatic nitrogens is 2. The number of hydrogen-bond acceptors (Lipinski definition) is 3. The Hall–Kier alpha value is -2.63. The Morgan fingerprint density at radius 3 is 2.21 bits per heavy atom. The minimum atomic E-state index is -2.96. The zero-order chi connectivity index (χ0) is 28.4. The van der Waals surface area contributed by atoms with E-state index in [2.05, 4.69) is 82.9 Å². The Bertz CT molecular complexity index is 858. The van der Waals surface area contributed by atoms with Gasteiger partial charge in [0.05, 0.1) is 0 Å². The van der Waals surface area contributed by atoms with Gasteiger partial charge in [-0.2, -0.15) is 0 Å². The first-order chi connectivity index (χ1) is 17.5. The van der Waals surface area contributed by atoms with E-state index in [0.717, 1.165) is 38.0 Å². The van der Waals surface area contributed by atoms with Gasteiger partial charge in [0.1, 0.15) is 0 Å². The molecule has 3 nitrogen and oxygen atoms in total. The van der Waals surface area contributed by atoms with E-state index in [4.69, 9.17) is 4.42 Å². The SMILES string of the molecule is C=C.C=C(/C=C\C(=C)C(C)(F)F)c1nnc([C@@H](CCC)[C@H](C)CC)o1.C=C/C=C\CC1CCC(C)CC1.F. The summed E-state index contributed by atoms with van der Waals surface area (Å²) in [6.45, 7) is 26.4. The van der Waals surface area contributed by atoms with Crippen molar-refractivity contribution in [1.29, 1.82) is 0 Å². The van der Waals surface area contributed by atoms with Crippen LogP contribution in [0.15, 0.2) is 73.3 Å². The topological polar surface area (TPSA) is 38.9 Å². The Morgan fingerprint density at radius 2 is 1.71 bits per heavy atom. The van der Waals surface area contributed by atoms with Crippen LogP contribution in [0.4, 0.5) is 13.5 Å². The Morgan fingerprint density at radius 1 is 1.11 bits per heavy atom. The van der Waals surface area contributed by atoms with Gasteiger partial charge in [0.2, 0.25) is 11.8 Å². The average molecular weight is 537 g/mol. The van der Waals surface area contributed by atoms with Gasteiger partial charge >= 0.3 is 0 Å². The first-order valence-electron chi connectivity index (χ1n) is 13.6. The summed E-state index contributed by atoms with van der Waals surface area (Å²) in [6, 6.07) is 0. The molecule has 1 fully saturated rings. The molecule has 6 heteroatoms. The van der Waals surface area contributed by atoms with Gasteiger partial charge in [0, 0.05) is 24.0 Å². The van der Waals surface area contributed by atoms with Crippen LogP contribution < -0.4 is 0 Å². The van der Waals surface area contributed by atoms with Crippen LogP contribution in [0.1, 0.15) is 104 Å². The predicted octanol–water partition coefficient (Wildman–Crippen LogP) is 10.7. The summed E-state index contributed by atoms with van der Waals surface area (Å²) in [5.74, 6) is 0.462. The van der Waals surface area contributed by atoms with Gasteiger partial charge in [-0.05, 0) is 49.5 Å². The third-order valence-electron chi connectivity index (χ3n) is 6.89. The zero-order valence-electron chi connectivity index (χ0n) is 24.4. The van der Waals surface area contributed by atoms with Gasteiger partial charge in [-0.15, -0.1) is 23.4 Å². The monoisotopic (exact) mass is 536 g/mol. The van der Waals surface area contributed by atoms with Gasteiger partial charge in [0.15, 0.2) is 0 Å². The van der Waals surface area contributed by atoms with Crippen molar-refractivity contribution in [3.63, 3.8) is 0 Å². The molecule has 0 aliphatic heterocycles. The summed E-state index contributed by atoms with van der Waals surface area (Å²) in [5.41, 5.74) is 0.107. The fraction of sp³-hybridized carbons (Fsp3) is 0.562. The van der Waals surface area contributed by atoms with Crippen molar-refractivity contribution in [3.8, 4) is 0 Å². The van der Waals surface area contributed by atoms with Crippen LogP contribution in [0.2, 0.25) is 0 Å². The maximum Gasteiger partial charge on any atom is 0.269 e. The van der Waals surface area contributed by atoms with Crippen LogP contribution in [0.5, 0.6) is 0 Å². The molecule has 0 aromatic carbocycles. The molecule has 1 aliphatic carbocycles. The normalized spacial score (nSPS) is 18.8. The first kappa shape index (κ1) is 37.5. The predicted molar refractivity (Wildman–Crippen MR) is 158 cm³/mol. The van der Waals surface area contributed by atoms with Gasteiger partial charge < -0.3 is 4.42 Å². The molecule has 1 aliphatic rings. The zero-order valence-corrected chi connectivity index (χ0v) is 24.4. The number of allylic oxidation sites excluding steroid dienone is 7. The van der Waals surface area contributed by atoms with Crippen molar-refractivity contribution >= 4 is 5.57 Å². The van der Waals surface area contributed by atoms with Crippen molar-refractivity contribution in [2.24, 2.45) is 17.8 Å². The molecule has 2 rings (SSSR count). The van der Waals surface area contributed by atoms with Crippen molar-refractivity contribution < 1.29 is 17.9 Å². The van der Waals surface area contributed by atoms with Crippen LogP contribution in [0.3, 0.4) is 0 Å². The molecule has 216 valence electrons. The third kappa shape index (κ3) is 14.3. The minimum Gasteiger partial charge on any atom is -0.420 e. The molecular formula is C32H51F3N2O. The summed E-state index contributed by atoms with van der Waals surface area (Å²) >= 11 is 0. The quantitative estimate of drug-likeness (QED) is 0.197. The molecule has 1 heterocycles. The van der Waals surface area contributed by atoms with E-state index in [1.54, 1.807) is 0 Å². The second-order valence-corrected chi connectivity index (χ2v) is 10.0. The molecular weight excluding hydrogens is 485 g/mol. The second-order valence-electron chi connectivity index (χ2n) is 10.0. The number of alkyl halides is 2. The minimum absolute atomic E-state index is 0. The Labute approximate surface area is 230 Å². The summed E-state index contributed by atoms with van der Waals surface area (Å²) in [5, 5.41) is 8.11. The highest BCUT2D eigenvalue weighted by atomic mass is 19.3. The summed E-state index contributed by atoms with van der Waals surface area (Å²) in [4.78, 5) is 0. The number of halogens is 3. The first-order valence-corrected chi connectivity index (χ1v) is 13.6. The molecule has 38 heavy (non-hydrogen) atoms. The van der Waals surface area contributed by atoms with Crippen LogP contribution in [-0.2, 0) is 0 Å². The van der Waals surface area contributed by atoms with E-state index < -0.39 is 5.92 Å². The fourth-order valence-electron chi connectivity index (χ4n) is 4.11. The molecule has 0 N–H and O–H groups in total. The van der Waals surface area contributed by atoms with Crippen molar-refractivity contribution in [2.45, 2.75) is 97.8 Å². The Balaban J connectivity index is 0. The van der Waals surface area contributed by atoms with Crippen LogP contribution >= 0.6 is 0 Å². The fourth-order valence-corrected chi connectivity index (χ4v) is 4.11. The van der Waals surface area contributed by atoms with Gasteiger partial charge in [-0.3, -0.25) is 4.70 Å². The summed E-state index contributed by atoms with van der Waals surface area (Å²) < 4.78 is 31.8. The standard InChI is InChI=1S/C18H26F2N2O.C12H20.C2H4.FH/c1-7-9-15(12(3)8-2)17-22-21-16(23-17)13(4)10-11-14(5)18(6,19)20;1-3-4-5-6-12-9-7-11(2)8-10-12;1-2;/h10-12,15H,4-5,7-9H2,1-3,6H3;3-5,11-12H,1,6-10H2,2H3;1-2H2;1H/b11-10-;5-4-;;/t12-,15+;;;/m1.../s1. The largest absolute Gasteiger partial charge is 0.420 e. The maximum absolute atomic E-state index is 13.1. The van der Waals surface area contributed by atoms with Crippen LogP contribution in [0, 0.1) is 17.8 Å². The van der Waals surface area contributed by atoms with E-state index in [1.807, 2.05) is 6.08 Å². The molecule has 1 saturated carbocycles. The average Bonchev–Trinajstić information content (AvgIpc) is 3.37. The smallest absolute Gasteiger partial charge is 0.269 e. The van der Waals surface area contributed by atoms with Crippen LogP contribution in [0.25, 0.3) is 5.57 Å². The third-order valence-corrected chi connectivity index (χ3v) is 6.89. The van der Waals surface area contributed by atoms with Crippen molar-refractivity contribution in [2.75, 3.05) is 0 Å². The van der Waals surface area contributed by atoms with E-state index >= 15 is 0 Å². The van der Waals surface area contributed by atoms with E-state index in [0.29, 0.717) is 17.4 Å². The van der Waals surface area contributed by atoms with Crippen LogP contribution in [-0.4, -0.2) is 16.1 Å². The maximum atomic E-state index is 13.1. The number of rotatable bonds is 12. The lowest BCUT2D eigenvalue weighted by molar-refractivity contribution is 0.0680. The van der Waals surface area contributed by atoms with Crippen molar-refractivity contribution in [1.82, 2.24) is 10.2 Å². The lowest BCUT2D eigenvalue weighted by atomic mass is 9.81. The Kier molecular flexibility index (Phi) is 20.1. The molecule has 0 unspecified atom stereocenters. The number of nitrogens with zero attached hydrogens (tertiary/aromatic N) is 2. The molecule has 0 radical (unpaired) electrons. The lowest BCUT2D eigenvalue weighted by Crippen LogP contribution is -2.11. The second kappa shape index (κ2) is 20.3. The molecule has 0 amide bonds. The summed E-state index contributed by atoms with van der Waals surface area (Å²) in [7, 11) is 0. The molecule has 0 saturated heterocycles. The molecule has 2 atom stereocenters. The molecule has 0 bridgehead atoms. The van der Waals surface area contributed by atoms with E-state index in [9.17, 15) is 8.78 Å². The van der Waals surface area contributed by atoms with E-state index in [-0.39, 0.29) is 22.1 Å². The summed E-state index contributed by atoms with van der Waals surface area (Å²) in [6.07, 6.45) is 18.9. The highest BCUT2D eigenvalue weighted by molar-refractivity contribution is 5.66. The molecule has 1 aromatic rings. The number of hydrogen-bond donors (Lipinski definition) is 0.